The number of carbonyl (C=O) groups is 1. The summed E-state index contributed by atoms with van der Waals surface area (Å²) in [5.74, 6) is 1.90. The Labute approximate surface area is 237 Å². The summed E-state index contributed by atoms with van der Waals surface area (Å²) in [5, 5.41) is 6.32. The van der Waals surface area contributed by atoms with Crippen LogP contribution in [-0.4, -0.2) is 30.9 Å². The molecule has 1 aliphatic carbocycles. The molecule has 0 bridgehead atoms. The lowest BCUT2D eigenvalue weighted by Gasteiger charge is -2.40. The number of amides is 1. The molecule has 5 heteroatoms. The second kappa shape index (κ2) is 12.4. The maximum Gasteiger partial charge on any atom is 0.244 e. The normalized spacial score (nSPS) is 18.5. The van der Waals surface area contributed by atoms with Crippen molar-refractivity contribution in [2.45, 2.75) is 106 Å². The molecule has 5 nitrogen and oxygen atoms in total. The molecule has 2 N–H and O–H groups in total. The van der Waals surface area contributed by atoms with Gasteiger partial charge in [-0.05, 0) is 97.2 Å². The summed E-state index contributed by atoms with van der Waals surface area (Å²) in [7, 11) is 0. The summed E-state index contributed by atoms with van der Waals surface area (Å²) in [4.78, 5) is 12.8. The smallest absolute Gasteiger partial charge is 0.244 e. The largest absolute Gasteiger partial charge is 0.465 e. The zero-order chi connectivity index (χ0) is 29.0. The van der Waals surface area contributed by atoms with Gasteiger partial charge in [-0.15, -0.1) is 0 Å². The van der Waals surface area contributed by atoms with E-state index in [1.165, 1.54) is 16.7 Å². The number of hydrogen-bond donors (Lipinski definition) is 2. The zero-order valence-corrected chi connectivity index (χ0v) is 26.0. The van der Waals surface area contributed by atoms with Gasteiger partial charge in [-0.25, -0.2) is 0 Å². The van der Waals surface area contributed by atoms with Gasteiger partial charge < -0.3 is 20.1 Å². The first-order chi connectivity index (χ1) is 18.1. The highest BCUT2D eigenvalue weighted by Crippen LogP contribution is 2.54. The van der Waals surface area contributed by atoms with Gasteiger partial charge in [-0.1, -0.05) is 73.1 Å². The molecule has 0 saturated heterocycles. The van der Waals surface area contributed by atoms with Crippen LogP contribution in [0.25, 0.3) is 0 Å². The zero-order valence-electron chi connectivity index (χ0n) is 26.0. The number of ether oxygens (including phenoxy) is 2. The lowest BCUT2D eigenvalue weighted by Crippen LogP contribution is -2.51. The molecule has 2 aromatic rings. The van der Waals surface area contributed by atoms with Crippen molar-refractivity contribution in [3.8, 4) is 5.75 Å². The fraction of sp³-hybridized carbons (Fsp3) is 0.618. The minimum atomic E-state index is -0.733. The molecular weight excluding hydrogens is 484 g/mol. The Morgan fingerprint density at radius 3 is 2.23 bits per heavy atom. The quantitative estimate of drug-likeness (QED) is 0.228. The molecule has 1 amide bonds. The molecule has 0 spiro atoms. The minimum absolute atomic E-state index is 0.0738. The Morgan fingerprint density at radius 2 is 1.64 bits per heavy atom. The SMILES string of the molecule is CCCc1ccc(NC(=O)C(C)(C)NCCOC(C)Oc2ccc3c(c2)CC(C(C)(C)C)C3C(C)(C)C)cc1. The van der Waals surface area contributed by atoms with E-state index in [0.29, 0.717) is 25.0 Å². The van der Waals surface area contributed by atoms with Gasteiger partial charge in [-0.2, -0.15) is 0 Å². The molecule has 0 saturated carbocycles. The molecule has 216 valence electrons. The maximum absolute atomic E-state index is 12.8. The van der Waals surface area contributed by atoms with Gasteiger partial charge in [0.2, 0.25) is 5.91 Å². The predicted octanol–water partition coefficient (Wildman–Crippen LogP) is 7.74. The van der Waals surface area contributed by atoms with Crippen LogP contribution < -0.4 is 15.4 Å². The lowest BCUT2D eigenvalue weighted by molar-refractivity contribution is -0.121. The lowest BCUT2D eigenvalue weighted by atomic mass is 9.65. The van der Waals surface area contributed by atoms with Gasteiger partial charge >= 0.3 is 0 Å². The van der Waals surface area contributed by atoms with Crippen molar-refractivity contribution < 1.29 is 14.3 Å². The van der Waals surface area contributed by atoms with Crippen LogP contribution in [-0.2, 0) is 22.4 Å². The number of anilines is 1. The summed E-state index contributed by atoms with van der Waals surface area (Å²) in [6, 6.07) is 14.6. The van der Waals surface area contributed by atoms with E-state index < -0.39 is 5.54 Å². The molecule has 39 heavy (non-hydrogen) atoms. The van der Waals surface area contributed by atoms with E-state index in [-0.39, 0.29) is 23.0 Å². The number of nitrogens with one attached hydrogen (secondary N) is 2. The van der Waals surface area contributed by atoms with Gasteiger partial charge in [0.25, 0.3) is 0 Å². The molecule has 0 heterocycles. The molecule has 3 unspecified atom stereocenters. The van der Waals surface area contributed by atoms with E-state index in [4.69, 9.17) is 9.47 Å². The first-order valence-electron chi connectivity index (χ1n) is 14.7. The van der Waals surface area contributed by atoms with Crippen molar-refractivity contribution in [2.24, 2.45) is 16.7 Å². The van der Waals surface area contributed by atoms with Gasteiger partial charge in [0, 0.05) is 12.2 Å². The van der Waals surface area contributed by atoms with Gasteiger partial charge in [-0.3, -0.25) is 4.79 Å². The van der Waals surface area contributed by atoms with Crippen LogP contribution in [0.3, 0.4) is 0 Å². The van der Waals surface area contributed by atoms with E-state index >= 15 is 0 Å². The van der Waals surface area contributed by atoms with E-state index in [1.807, 2.05) is 32.9 Å². The van der Waals surface area contributed by atoms with Gasteiger partial charge in [0.05, 0.1) is 12.1 Å². The van der Waals surface area contributed by atoms with Gasteiger partial charge in [0.1, 0.15) is 5.75 Å². The average molecular weight is 537 g/mol. The predicted molar refractivity (Wildman–Crippen MR) is 162 cm³/mol. The summed E-state index contributed by atoms with van der Waals surface area (Å²) in [5.41, 5.74) is 4.67. The van der Waals surface area contributed by atoms with Crippen LogP contribution in [0.15, 0.2) is 42.5 Å². The van der Waals surface area contributed by atoms with E-state index in [0.717, 1.165) is 30.7 Å². The molecule has 0 radical (unpaired) electrons. The Hall–Kier alpha value is -2.37. The van der Waals surface area contributed by atoms with Crippen LogP contribution in [0.1, 0.15) is 98.3 Å². The molecule has 3 atom stereocenters. The van der Waals surface area contributed by atoms with E-state index in [1.54, 1.807) is 0 Å². The van der Waals surface area contributed by atoms with Crippen molar-refractivity contribution in [3.05, 3.63) is 59.2 Å². The summed E-state index contributed by atoms with van der Waals surface area (Å²) >= 11 is 0. The third-order valence-corrected chi connectivity index (χ3v) is 7.98. The molecule has 3 rings (SSSR count). The Bertz CT molecular complexity index is 1090. The second-order valence-electron chi connectivity index (χ2n) is 13.9. The van der Waals surface area contributed by atoms with E-state index in [9.17, 15) is 4.79 Å². The third kappa shape index (κ3) is 8.31. The molecule has 2 aromatic carbocycles. The summed E-state index contributed by atoms with van der Waals surface area (Å²) in [6.07, 6.45) is 2.85. The topological polar surface area (TPSA) is 59.6 Å². The van der Waals surface area contributed by atoms with Crippen molar-refractivity contribution in [3.63, 3.8) is 0 Å². The third-order valence-electron chi connectivity index (χ3n) is 7.98. The molecule has 0 fully saturated rings. The molecular formula is C34H52N2O3. The molecule has 1 aliphatic rings. The number of carbonyl (C=O) groups excluding carboxylic acids is 1. The highest BCUT2D eigenvalue weighted by Gasteiger charge is 2.44. The van der Waals surface area contributed by atoms with Crippen molar-refractivity contribution in [1.29, 1.82) is 0 Å². The second-order valence-corrected chi connectivity index (χ2v) is 13.9. The molecule has 0 aromatic heterocycles. The van der Waals surface area contributed by atoms with E-state index in [2.05, 4.69) is 89.4 Å². The monoisotopic (exact) mass is 536 g/mol. The van der Waals surface area contributed by atoms with Crippen LogP contribution in [0.4, 0.5) is 5.69 Å². The van der Waals surface area contributed by atoms with Crippen molar-refractivity contribution >= 4 is 11.6 Å². The van der Waals surface area contributed by atoms with Crippen LogP contribution in [0.5, 0.6) is 5.75 Å². The first-order valence-corrected chi connectivity index (χ1v) is 14.7. The Morgan fingerprint density at radius 1 is 0.974 bits per heavy atom. The number of rotatable bonds is 11. The standard InChI is InChI=1S/C34H52N2O3/c1-11-12-24-13-15-26(16-14-24)36-31(37)34(9,10)35-19-20-38-23(2)39-27-17-18-28-25(21-27)22-29(32(3,4)5)30(28)33(6,7)8/h13-18,21,23,29-30,35H,11-12,19-20,22H2,1-10H3,(H,36,37). The summed E-state index contributed by atoms with van der Waals surface area (Å²) < 4.78 is 12.1. The maximum atomic E-state index is 12.8. The van der Waals surface area contributed by atoms with Crippen LogP contribution in [0.2, 0.25) is 0 Å². The number of hydrogen-bond acceptors (Lipinski definition) is 4. The van der Waals surface area contributed by atoms with Crippen molar-refractivity contribution in [1.82, 2.24) is 5.32 Å². The van der Waals surface area contributed by atoms with Crippen molar-refractivity contribution in [2.75, 3.05) is 18.5 Å². The average Bonchev–Trinajstić information content (AvgIpc) is 3.23. The van der Waals surface area contributed by atoms with Crippen LogP contribution >= 0.6 is 0 Å². The van der Waals surface area contributed by atoms with Gasteiger partial charge in [0.15, 0.2) is 6.29 Å². The fourth-order valence-electron chi connectivity index (χ4n) is 5.81. The number of benzene rings is 2. The minimum Gasteiger partial charge on any atom is -0.465 e. The fourth-order valence-corrected chi connectivity index (χ4v) is 5.81. The Kier molecular flexibility index (Phi) is 9.93. The molecule has 0 aliphatic heterocycles. The summed E-state index contributed by atoms with van der Waals surface area (Å²) in [6.45, 7) is 23.0. The number of fused-ring (bicyclic) bond motifs is 1. The first kappa shape index (κ1) is 31.2. The highest BCUT2D eigenvalue weighted by molar-refractivity contribution is 5.97. The highest BCUT2D eigenvalue weighted by atomic mass is 16.7. The van der Waals surface area contributed by atoms with Crippen LogP contribution in [0, 0.1) is 16.7 Å². The Balaban J connectivity index is 1.48. The number of aryl methyl sites for hydroxylation is 1.